The second-order valence-corrected chi connectivity index (χ2v) is 5.22. The zero-order valence-corrected chi connectivity index (χ0v) is 12.0. The summed E-state index contributed by atoms with van der Waals surface area (Å²) in [6.45, 7) is 4.10. The molecule has 20 heavy (non-hydrogen) atoms. The first-order valence-corrected chi connectivity index (χ1v) is 7.06. The number of amides is 1. The Morgan fingerprint density at radius 2 is 1.40 bits per heavy atom. The van der Waals surface area contributed by atoms with E-state index in [1.165, 1.54) is 5.56 Å². The molecular formula is C18H21NO. The molecule has 0 fully saturated rings. The normalized spacial score (nSPS) is 13.5. The van der Waals surface area contributed by atoms with Gasteiger partial charge in [0.1, 0.15) is 0 Å². The summed E-state index contributed by atoms with van der Waals surface area (Å²) in [5, 5.41) is 3.06. The molecule has 0 saturated heterocycles. The zero-order chi connectivity index (χ0) is 14.4. The molecule has 2 nitrogen and oxygen atoms in total. The molecule has 2 aromatic rings. The number of benzene rings is 2. The fourth-order valence-corrected chi connectivity index (χ4v) is 2.30. The predicted octanol–water partition coefficient (Wildman–Crippen LogP) is 4.06. The van der Waals surface area contributed by atoms with Crippen LogP contribution in [0.3, 0.4) is 0 Å². The molecule has 0 spiro atoms. The molecular weight excluding hydrogens is 246 g/mol. The van der Waals surface area contributed by atoms with Gasteiger partial charge in [0.15, 0.2) is 0 Å². The van der Waals surface area contributed by atoms with Crippen LogP contribution in [0.5, 0.6) is 0 Å². The maximum Gasteiger partial charge on any atom is 0.221 e. The van der Waals surface area contributed by atoms with E-state index in [9.17, 15) is 4.79 Å². The van der Waals surface area contributed by atoms with Gasteiger partial charge in [-0.05, 0) is 24.0 Å². The van der Waals surface area contributed by atoms with Crippen molar-refractivity contribution < 1.29 is 4.79 Å². The Morgan fingerprint density at radius 1 is 0.900 bits per heavy atom. The molecule has 0 aliphatic carbocycles. The molecule has 2 atom stereocenters. The Bertz CT molecular complexity index is 486. The van der Waals surface area contributed by atoms with Gasteiger partial charge in [0.2, 0.25) is 5.91 Å². The molecule has 1 amide bonds. The zero-order valence-electron chi connectivity index (χ0n) is 12.0. The molecule has 2 heteroatoms. The molecule has 2 rings (SSSR count). The summed E-state index contributed by atoms with van der Waals surface area (Å²) in [7, 11) is 0. The largest absolute Gasteiger partial charge is 0.350 e. The van der Waals surface area contributed by atoms with Gasteiger partial charge in [-0.1, -0.05) is 67.6 Å². The monoisotopic (exact) mass is 267 g/mol. The maximum absolute atomic E-state index is 12.1. The first-order chi connectivity index (χ1) is 9.66. The number of hydrogen-bond acceptors (Lipinski definition) is 1. The van der Waals surface area contributed by atoms with Crippen molar-refractivity contribution in [1.29, 1.82) is 0 Å². The van der Waals surface area contributed by atoms with Crippen molar-refractivity contribution in [2.45, 2.75) is 32.2 Å². The molecule has 0 aliphatic rings. The minimum absolute atomic E-state index is 0.0478. The van der Waals surface area contributed by atoms with E-state index in [1.54, 1.807) is 0 Å². The molecule has 0 heterocycles. The van der Waals surface area contributed by atoms with Crippen LogP contribution in [-0.2, 0) is 4.79 Å². The first kappa shape index (κ1) is 14.3. The SMILES string of the molecule is C[C@H](NC(=O)C[C@H](C)c1ccccc1)c1ccccc1. The van der Waals surface area contributed by atoms with Crippen LogP contribution >= 0.6 is 0 Å². The summed E-state index contributed by atoms with van der Waals surface area (Å²) in [6.07, 6.45) is 0.515. The molecule has 0 saturated carbocycles. The minimum Gasteiger partial charge on any atom is -0.350 e. The van der Waals surface area contributed by atoms with E-state index >= 15 is 0 Å². The van der Waals surface area contributed by atoms with Crippen LogP contribution in [0.15, 0.2) is 60.7 Å². The molecule has 2 aromatic carbocycles. The summed E-state index contributed by atoms with van der Waals surface area (Å²) >= 11 is 0. The molecule has 0 bridgehead atoms. The highest BCUT2D eigenvalue weighted by Crippen LogP contribution is 2.19. The summed E-state index contributed by atoms with van der Waals surface area (Å²) in [5.41, 5.74) is 2.34. The van der Waals surface area contributed by atoms with Gasteiger partial charge in [-0.2, -0.15) is 0 Å². The third-order valence-electron chi connectivity index (χ3n) is 3.54. The predicted molar refractivity (Wildman–Crippen MR) is 82.5 cm³/mol. The van der Waals surface area contributed by atoms with Crippen LogP contribution in [0.1, 0.15) is 43.4 Å². The van der Waals surface area contributed by atoms with E-state index in [0.717, 1.165) is 5.56 Å². The van der Waals surface area contributed by atoms with E-state index in [-0.39, 0.29) is 17.9 Å². The average molecular weight is 267 g/mol. The van der Waals surface area contributed by atoms with Crippen molar-refractivity contribution in [2.75, 3.05) is 0 Å². The smallest absolute Gasteiger partial charge is 0.221 e. The highest BCUT2D eigenvalue weighted by atomic mass is 16.1. The van der Waals surface area contributed by atoms with E-state index in [1.807, 2.05) is 55.5 Å². The topological polar surface area (TPSA) is 29.1 Å². The van der Waals surface area contributed by atoms with Crippen LogP contribution in [0, 0.1) is 0 Å². The maximum atomic E-state index is 12.1. The lowest BCUT2D eigenvalue weighted by atomic mass is 9.97. The Morgan fingerprint density at radius 3 is 1.95 bits per heavy atom. The van der Waals surface area contributed by atoms with E-state index in [0.29, 0.717) is 6.42 Å². The number of rotatable bonds is 5. The lowest BCUT2D eigenvalue weighted by Gasteiger charge is -2.17. The second kappa shape index (κ2) is 6.90. The third kappa shape index (κ3) is 3.95. The summed E-state index contributed by atoms with van der Waals surface area (Å²) in [4.78, 5) is 12.1. The highest BCUT2D eigenvalue weighted by molar-refractivity contribution is 5.77. The lowest BCUT2D eigenvalue weighted by Crippen LogP contribution is -2.27. The Kier molecular flexibility index (Phi) is 4.94. The lowest BCUT2D eigenvalue weighted by molar-refractivity contribution is -0.122. The van der Waals surface area contributed by atoms with E-state index in [2.05, 4.69) is 24.4 Å². The van der Waals surface area contributed by atoms with Gasteiger partial charge >= 0.3 is 0 Å². The molecule has 0 aromatic heterocycles. The van der Waals surface area contributed by atoms with Crippen molar-refractivity contribution in [3.8, 4) is 0 Å². The quantitative estimate of drug-likeness (QED) is 0.869. The fourth-order valence-electron chi connectivity index (χ4n) is 2.30. The molecule has 0 unspecified atom stereocenters. The van der Waals surface area contributed by atoms with E-state index in [4.69, 9.17) is 0 Å². The molecule has 1 N–H and O–H groups in total. The Balaban J connectivity index is 1.90. The highest BCUT2D eigenvalue weighted by Gasteiger charge is 2.13. The van der Waals surface area contributed by atoms with Gasteiger partial charge in [0.05, 0.1) is 6.04 Å². The van der Waals surface area contributed by atoms with Gasteiger partial charge in [0.25, 0.3) is 0 Å². The third-order valence-corrected chi connectivity index (χ3v) is 3.54. The number of carbonyl (C=O) groups excluding carboxylic acids is 1. The van der Waals surface area contributed by atoms with Crippen molar-refractivity contribution in [2.24, 2.45) is 0 Å². The Hall–Kier alpha value is -2.09. The van der Waals surface area contributed by atoms with Gasteiger partial charge in [-0.15, -0.1) is 0 Å². The number of carbonyl (C=O) groups is 1. The van der Waals surface area contributed by atoms with Crippen LogP contribution in [0.25, 0.3) is 0 Å². The van der Waals surface area contributed by atoms with Crippen molar-refractivity contribution in [3.05, 3.63) is 71.8 Å². The van der Waals surface area contributed by atoms with Crippen LogP contribution in [0.4, 0.5) is 0 Å². The van der Waals surface area contributed by atoms with Crippen LogP contribution in [-0.4, -0.2) is 5.91 Å². The number of hydrogen-bond donors (Lipinski definition) is 1. The van der Waals surface area contributed by atoms with Crippen LogP contribution in [0.2, 0.25) is 0 Å². The van der Waals surface area contributed by atoms with Gasteiger partial charge in [0, 0.05) is 6.42 Å². The Labute approximate surface area is 120 Å². The standard InChI is InChI=1S/C18H21NO/c1-14(16-9-5-3-6-10-16)13-18(20)19-15(2)17-11-7-4-8-12-17/h3-12,14-15H,13H2,1-2H3,(H,19,20)/t14-,15-/m0/s1. The van der Waals surface area contributed by atoms with Crippen LogP contribution < -0.4 is 5.32 Å². The van der Waals surface area contributed by atoms with Gasteiger partial charge < -0.3 is 5.32 Å². The summed E-state index contributed by atoms with van der Waals surface area (Å²) in [5.74, 6) is 0.330. The minimum atomic E-state index is 0.0478. The number of nitrogens with one attached hydrogen (secondary N) is 1. The van der Waals surface area contributed by atoms with Crippen molar-refractivity contribution in [1.82, 2.24) is 5.32 Å². The molecule has 0 radical (unpaired) electrons. The van der Waals surface area contributed by atoms with Crippen molar-refractivity contribution in [3.63, 3.8) is 0 Å². The van der Waals surface area contributed by atoms with E-state index < -0.39 is 0 Å². The fraction of sp³-hybridized carbons (Fsp3) is 0.278. The van der Waals surface area contributed by atoms with Gasteiger partial charge in [-0.3, -0.25) is 4.79 Å². The second-order valence-electron chi connectivity index (χ2n) is 5.22. The molecule has 104 valence electrons. The van der Waals surface area contributed by atoms with Gasteiger partial charge in [-0.25, -0.2) is 0 Å². The summed E-state index contributed by atoms with van der Waals surface area (Å²) in [6, 6.07) is 20.2. The molecule has 0 aliphatic heterocycles. The average Bonchev–Trinajstić information content (AvgIpc) is 2.49. The summed E-state index contributed by atoms with van der Waals surface area (Å²) < 4.78 is 0. The first-order valence-electron chi connectivity index (χ1n) is 7.06. The van der Waals surface area contributed by atoms with Crippen molar-refractivity contribution >= 4 is 5.91 Å².